The van der Waals surface area contributed by atoms with E-state index in [1.807, 2.05) is 61.5 Å². The van der Waals surface area contributed by atoms with Gasteiger partial charge >= 0.3 is 0 Å². The highest BCUT2D eigenvalue weighted by Crippen LogP contribution is 2.23. The second-order valence-electron chi connectivity index (χ2n) is 6.12. The molecule has 0 aliphatic heterocycles. The van der Waals surface area contributed by atoms with Crippen LogP contribution in [0, 0.1) is 0 Å². The lowest BCUT2D eigenvalue weighted by molar-refractivity contribution is -0.116. The average molecular weight is 379 g/mol. The molecular weight excluding hydrogens is 358 g/mol. The molecule has 2 aromatic carbocycles. The maximum absolute atomic E-state index is 12.6. The van der Waals surface area contributed by atoms with Gasteiger partial charge in [-0.05, 0) is 18.1 Å². The van der Waals surface area contributed by atoms with Gasteiger partial charge in [0, 0.05) is 23.7 Å². The maximum atomic E-state index is 12.6. The lowest BCUT2D eigenvalue weighted by Gasteiger charge is -2.16. The predicted molar refractivity (Wildman–Crippen MR) is 109 cm³/mol. The number of benzene rings is 2. The molecule has 27 heavy (non-hydrogen) atoms. The molecule has 0 aliphatic rings. The third kappa shape index (κ3) is 4.60. The zero-order valence-corrected chi connectivity index (χ0v) is 16.1. The smallest absolute Gasteiger partial charge is 0.273 e. The van der Waals surface area contributed by atoms with Crippen molar-refractivity contribution in [2.24, 2.45) is 0 Å². The first kappa shape index (κ1) is 18.8. The molecule has 0 unspecified atom stereocenters. The summed E-state index contributed by atoms with van der Waals surface area (Å²) in [4.78, 5) is 30.7. The van der Waals surface area contributed by atoms with E-state index in [-0.39, 0.29) is 18.4 Å². The van der Waals surface area contributed by atoms with Gasteiger partial charge < -0.3 is 10.2 Å². The Morgan fingerprint density at radius 2 is 1.78 bits per heavy atom. The molecule has 0 aliphatic carbocycles. The van der Waals surface area contributed by atoms with E-state index in [1.54, 1.807) is 12.4 Å². The third-order valence-electron chi connectivity index (χ3n) is 4.14. The summed E-state index contributed by atoms with van der Waals surface area (Å²) in [6.45, 7) is 2.00. The third-order valence-corrected chi connectivity index (χ3v) is 5.04. The molecule has 1 heterocycles. The second-order valence-corrected chi connectivity index (χ2v) is 6.98. The van der Waals surface area contributed by atoms with Crippen LogP contribution in [0.2, 0.25) is 0 Å². The fourth-order valence-corrected chi connectivity index (χ4v) is 3.51. The van der Waals surface area contributed by atoms with Crippen LogP contribution in [0.1, 0.15) is 23.0 Å². The summed E-state index contributed by atoms with van der Waals surface area (Å²) in [6.07, 6.45) is 0.826. The number of aryl methyl sites for hydroxylation is 1. The van der Waals surface area contributed by atoms with E-state index in [0.29, 0.717) is 5.69 Å². The number of aromatic nitrogens is 1. The van der Waals surface area contributed by atoms with Crippen LogP contribution in [0.25, 0.3) is 10.6 Å². The second kappa shape index (κ2) is 8.60. The fourth-order valence-electron chi connectivity index (χ4n) is 2.71. The number of hydrogen-bond donors (Lipinski definition) is 1. The van der Waals surface area contributed by atoms with Crippen LogP contribution in [0.15, 0.2) is 60.0 Å². The number of thiazole rings is 1. The minimum atomic E-state index is -0.271. The molecule has 5 nitrogen and oxygen atoms in total. The molecule has 1 aromatic heterocycles. The summed E-state index contributed by atoms with van der Waals surface area (Å²) < 4.78 is 0. The van der Waals surface area contributed by atoms with Gasteiger partial charge in [0.1, 0.15) is 10.7 Å². The Balaban J connectivity index is 1.64. The number of nitrogens with zero attached hydrogens (tertiary/aromatic N) is 2. The fraction of sp³-hybridized carbons (Fsp3) is 0.190. The first-order valence-electron chi connectivity index (χ1n) is 8.72. The molecule has 0 bridgehead atoms. The van der Waals surface area contributed by atoms with Crippen molar-refractivity contribution >= 4 is 28.8 Å². The Morgan fingerprint density at radius 1 is 1.07 bits per heavy atom. The molecule has 0 saturated heterocycles. The normalized spacial score (nSPS) is 10.4. The molecule has 138 valence electrons. The highest BCUT2D eigenvalue weighted by atomic mass is 32.1. The summed E-state index contributed by atoms with van der Waals surface area (Å²) in [5, 5.41) is 5.39. The topological polar surface area (TPSA) is 62.3 Å². The van der Waals surface area contributed by atoms with Gasteiger partial charge in [-0.1, -0.05) is 55.5 Å². The first-order chi connectivity index (χ1) is 13.1. The Bertz CT molecular complexity index is 937. The first-order valence-corrected chi connectivity index (χ1v) is 9.60. The Morgan fingerprint density at radius 3 is 2.52 bits per heavy atom. The molecule has 0 atom stereocenters. The minimum absolute atomic E-state index is 0.0327. The largest absolute Gasteiger partial charge is 0.331 e. The molecule has 3 rings (SSSR count). The predicted octanol–water partition coefficient (Wildman–Crippen LogP) is 4.08. The standard InChI is InChI=1S/C21H21N3O2S/c1-3-15-9-7-8-12-17(15)22-19(25)13-24(2)21(26)18-14-27-20(23-18)16-10-5-4-6-11-16/h4-12,14H,3,13H2,1-2H3,(H,22,25). The molecular formula is C21H21N3O2S. The van der Waals surface area contributed by atoms with Gasteiger partial charge in [0.05, 0.1) is 6.54 Å². The zero-order chi connectivity index (χ0) is 19.2. The Labute approximate surface area is 162 Å². The van der Waals surface area contributed by atoms with E-state index in [9.17, 15) is 9.59 Å². The van der Waals surface area contributed by atoms with Crippen LogP contribution < -0.4 is 5.32 Å². The molecule has 0 spiro atoms. The Hall–Kier alpha value is -2.99. The molecule has 0 radical (unpaired) electrons. The highest BCUT2D eigenvalue weighted by Gasteiger charge is 2.18. The number of likely N-dealkylation sites (N-methyl/N-ethyl adjacent to an activating group) is 1. The number of carbonyl (C=O) groups excluding carboxylic acids is 2. The van der Waals surface area contributed by atoms with Gasteiger partial charge in [0.15, 0.2) is 0 Å². The van der Waals surface area contributed by atoms with Crippen LogP contribution in [0.5, 0.6) is 0 Å². The van der Waals surface area contributed by atoms with Crippen molar-refractivity contribution in [1.29, 1.82) is 0 Å². The van der Waals surface area contributed by atoms with E-state index >= 15 is 0 Å². The van der Waals surface area contributed by atoms with Crippen molar-refractivity contribution in [2.45, 2.75) is 13.3 Å². The monoisotopic (exact) mass is 379 g/mol. The highest BCUT2D eigenvalue weighted by molar-refractivity contribution is 7.13. The van der Waals surface area contributed by atoms with Gasteiger partial charge in [-0.15, -0.1) is 11.3 Å². The quantitative estimate of drug-likeness (QED) is 0.702. The van der Waals surface area contributed by atoms with Crippen molar-refractivity contribution in [1.82, 2.24) is 9.88 Å². The number of nitrogens with one attached hydrogen (secondary N) is 1. The maximum Gasteiger partial charge on any atom is 0.273 e. The van der Waals surface area contributed by atoms with Crippen LogP contribution in [-0.4, -0.2) is 35.3 Å². The van der Waals surface area contributed by atoms with Gasteiger partial charge in [0.25, 0.3) is 5.91 Å². The van der Waals surface area contributed by atoms with Crippen LogP contribution in [0.4, 0.5) is 5.69 Å². The van der Waals surface area contributed by atoms with E-state index < -0.39 is 0 Å². The van der Waals surface area contributed by atoms with Gasteiger partial charge in [0.2, 0.25) is 5.91 Å². The summed E-state index contributed by atoms with van der Waals surface area (Å²) in [5.41, 5.74) is 3.17. The molecule has 0 saturated carbocycles. The van der Waals surface area contributed by atoms with E-state index in [2.05, 4.69) is 10.3 Å². The van der Waals surface area contributed by atoms with Crippen molar-refractivity contribution in [3.8, 4) is 10.6 Å². The summed E-state index contributed by atoms with van der Waals surface area (Å²) in [6, 6.07) is 17.4. The summed E-state index contributed by atoms with van der Waals surface area (Å²) in [7, 11) is 1.61. The van der Waals surface area contributed by atoms with Crippen molar-refractivity contribution in [3.63, 3.8) is 0 Å². The molecule has 3 aromatic rings. The lowest BCUT2D eigenvalue weighted by atomic mass is 10.1. The van der Waals surface area contributed by atoms with Crippen molar-refractivity contribution < 1.29 is 9.59 Å². The summed E-state index contributed by atoms with van der Waals surface area (Å²) in [5.74, 6) is -0.502. The minimum Gasteiger partial charge on any atom is -0.331 e. The van der Waals surface area contributed by atoms with Crippen molar-refractivity contribution in [2.75, 3.05) is 18.9 Å². The zero-order valence-electron chi connectivity index (χ0n) is 15.3. The molecule has 2 amide bonds. The van der Waals surface area contributed by atoms with Crippen LogP contribution in [0.3, 0.4) is 0 Å². The van der Waals surface area contributed by atoms with Crippen molar-refractivity contribution in [3.05, 3.63) is 71.2 Å². The van der Waals surface area contributed by atoms with E-state index in [0.717, 1.165) is 28.2 Å². The number of anilines is 1. The average Bonchev–Trinajstić information content (AvgIpc) is 3.18. The van der Waals surface area contributed by atoms with Gasteiger partial charge in [-0.3, -0.25) is 9.59 Å². The molecule has 0 fully saturated rings. The number of amides is 2. The Kier molecular flexibility index (Phi) is 5.98. The molecule has 6 heteroatoms. The van der Waals surface area contributed by atoms with Gasteiger partial charge in [-0.2, -0.15) is 0 Å². The van der Waals surface area contributed by atoms with Crippen LogP contribution >= 0.6 is 11.3 Å². The number of para-hydroxylation sites is 1. The molecule has 1 N–H and O–H groups in total. The van der Waals surface area contributed by atoms with Crippen LogP contribution in [-0.2, 0) is 11.2 Å². The van der Waals surface area contributed by atoms with E-state index in [4.69, 9.17) is 0 Å². The summed E-state index contributed by atoms with van der Waals surface area (Å²) >= 11 is 1.42. The number of rotatable bonds is 6. The van der Waals surface area contributed by atoms with E-state index in [1.165, 1.54) is 16.2 Å². The SMILES string of the molecule is CCc1ccccc1NC(=O)CN(C)C(=O)c1csc(-c2ccccc2)n1. The lowest BCUT2D eigenvalue weighted by Crippen LogP contribution is -2.35. The number of hydrogen-bond acceptors (Lipinski definition) is 4. The number of carbonyl (C=O) groups is 2. The van der Waals surface area contributed by atoms with Gasteiger partial charge in [-0.25, -0.2) is 4.98 Å².